The number of hydrogen-bond donors (Lipinski definition) is 0. The maximum atomic E-state index is 5.60. The first-order valence-corrected chi connectivity index (χ1v) is 7.19. The molecule has 5 heteroatoms. The van der Waals surface area contributed by atoms with E-state index in [4.69, 9.17) is 4.74 Å². The molecule has 0 bridgehead atoms. The molecule has 0 fully saturated rings. The van der Waals surface area contributed by atoms with E-state index < -0.39 is 0 Å². The van der Waals surface area contributed by atoms with Crippen LogP contribution in [0.4, 0.5) is 0 Å². The minimum atomic E-state index is 0.656. The quantitative estimate of drug-likeness (QED) is 0.356. The maximum absolute atomic E-state index is 5.60. The Hall–Kier alpha value is -0.820. The third-order valence-corrected chi connectivity index (χ3v) is 3.50. The average Bonchev–Trinajstić information content (AvgIpc) is 2.38. The van der Waals surface area contributed by atoms with Crippen LogP contribution in [-0.4, -0.2) is 22.3 Å². The zero-order valence-electron chi connectivity index (χ0n) is 9.04. The van der Waals surface area contributed by atoms with E-state index in [1.165, 1.54) is 3.57 Å². The molecular weight excluding hydrogens is 347 g/mol. The van der Waals surface area contributed by atoms with E-state index in [1.54, 1.807) is 24.2 Å². The predicted octanol–water partition coefficient (Wildman–Crippen LogP) is 3.25. The zero-order valence-corrected chi connectivity index (χ0v) is 12.0. The lowest BCUT2D eigenvalue weighted by atomic mass is 10.3. The van der Waals surface area contributed by atoms with Crippen LogP contribution in [0.15, 0.2) is 47.9 Å². The summed E-state index contributed by atoms with van der Waals surface area (Å²) in [7, 11) is 0. The highest BCUT2D eigenvalue weighted by molar-refractivity contribution is 14.1. The van der Waals surface area contributed by atoms with E-state index >= 15 is 0 Å². The average molecular weight is 358 g/mol. The first-order valence-electron chi connectivity index (χ1n) is 5.13. The SMILES string of the molecule is Ic1ccc(OCCSc2ncccn2)cc1. The first kappa shape index (κ1) is 12.6. The topological polar surface area (TPSA) is 35.0 Å². The van der Waals surface area contributed by atoms with Crippen molar-refractivity contribution in [2.45, 2.75) is 5.16 Å². The van der Waals surface area contributed by atoms with Crippen molar-refractivity contribution in [2.75, 3.05) is 12.4 Å². The van der Waals surface area contributed by atoms with Crippen LogP contribution in [0.25, 0.3) is 0 Å². The Morgan fingerprint density at radius 1 is 1.12 bits per heavy atom. The van der Waals surface area contributed by atoms with Gasteiger partial charge < -0.3 is 4.74 Å². The van der Waals surface area contributed by atoms with Crippen molar-refractivity contribution < 1.29 is 4.74 Å². The molecule has 2 aromatic rings. The van der Waals surface area contributed by atoms with Crippen molar-refractivity contribution in [3.63, 3.8) is 0 Å². The highest BCUT2D eigenvalue weighted by atomic mass is 127. The Morgan fingerprint density at radius 3 is 2.53 bits per heavy atom. The van der Waals surface area contributed by atoms with Crippen LogP contribution >= 0.6 is 34.4 Å². The number of halogens is 1. The minimum absolute atomic E-state index is 0.656. The molecule has 0 saturated heterocycles. The lowest BCUT2D eigenvalue weighted by Gasteiger charge is -2.05. The smallest absolute Gasteiger partial charge is 0.187 e. The Morgan fingerprint density at radius 2 is 1.82 bits per heavy atom. The third-order valence-electron chi connectivity index (χ3n) is 1.94. The summed E-state index contributed by atoms with van der Waals surface area (Å²) in [6.07, 6.45) is 3.49. The molecule has 0 atom stereocenters. The molecule has 0 aliphatic carbocycles. The molecule has 0 aliphatic heterocycles. The summed E-state index contributed by atoms with van der Waals surface area (Å²) in [5.74, 6) is 1.75. The monoisotopic (exact) mass is 358 g/mol. The normalized spacial score (nSPS) is 10.2. The van der Waals surface area contributed by atoms with E-state index in [1.807, 2.05) is 30.3 Å². The van der Waals surface area contributed by atoms with Crippen molar-refractivity contribution in [2.24, 2.45) is 0 Å². The van der Waals surface area contributed by atoms with Crippen LogP contribution < -0.4 is 4.74 Å². The van der Waals surface area contributed by atoms with E-state index in [0.717, 1.165) is 16.7 Å². The van der Waals surface area contributed by atoms with Gasteiger partial charge in [-0.05, 0) is 52.9 Å². The number of nitrogens with zero attached hydrogens (tertiary/aromatic N) is 2. The second-order valence-electron chi connectivity index (χ2n) is 3.18. The predicted molar refractivity (Wildman–Crippen MR) is 77.4 cm³/mol. The number of thioether (sulfide) groups is 1. The molecule has 0 unspecified atom stereocenters. The van der Waals surface area contributed by atoms with Gasteiger partial charge in [0.15, 0.2) is 5.16 Å². The number of aromatic nitrogens is 2. The van der Waals surface area contributed by atoms with Crippen LogP contribution in [0.2, 0.25) is 0 Å². The van der Waals surface area contributed by atoms with Gasteiger partial charge in [-0.1, -0.05) is 11.8 Å². The van der Waals surface area contributed by atoms with Gasteiger partial charge in [0.25, 0.3) is 0 Å². The van der Waals surface area contributed by atoms with E-state index in [2.05, 4.69) is 32.6 Å². The molecule has 3 nitrogen and oxygen atoms in total. The first-order chi connectivity index (χ1) is 8.34. The third kappa shape index (κ3) is 4.51. The van der Waals surface area contributed by atoms with Crippen molar-refractivity contribution in [3.05, 3.63) is 46.3 Å². The second-order valence-corrected chi connectivity index (χ2v) is 5.49. The molecule has 17 heavy (non-hydrogen) atoms. The fourth-order valence-corrected chi connectivity index (χ4v) is 2.16. The largest absolute Gasteiger partial charge is 0.493 e. The van der Waals surface area contributed by atoms with Gasteiger partial charge in [-0.2, -0.15) is 0 Å². The molecule has 0 N–H and O–H groups in total. The van der Waals surface area contributed by atoms with E-state index in [0.29, 0.717) is 6.61 Å². The Balaban J connectivity index is 1.71. The second kappa shape index (κ2) is 6.80. The molecule has 0 radical (unpaired) electrons. The summed E-state index contributed by atoms with van der Waals surface area (Å²) >= 11 is 3.87. The summed E-state index contributed by atoms with van der Waals surface area (Å²) in [4.78, 5) is 8.26. The van der Waals surface area contributed by atoms with Gasteiger partial charge in [-0.15, -0.1) is 0 Å². The fourth-order valence-electron chi connectivity index (χ4n) is 1.18. The number of hydrogen-bond acceptors (Lipinski definition) is 4. The maximum Gasteiger partial charge on any atom is 0.187 e. The molecule has 0 amide bonds. The fraction of sp³-hybridized carbons (Fsp3) is 0.167. The van der Waals surface area contributed by atoms with Crippen molar-refractivity contribution in [1.82, 2.24) is 9.97 Å². The summed E-state index contributed by atoms with van der Waals surface area (Å²) < 4.78 is 6.81. The molecule has 0 saturated carbocycles. The van der Waals surface area contributed by atoms with Gasteiger partial charge in [0, 0.05) is 21.7 Å². The molecule has 0 spiro atoms. The molecule has 88 valence electrons. The lowest BCUT2D eigenvalue weighted by Crippen LogP contribution is -2.00. The summed E-state index contributed by atoms with van der Waals surface area (Å²) in [5, 5.41) is 0.790. The van der Waals surface area contributed by atoms with Gasteiger partial charge in [0.05, 0.1) is 6.61 Å². The lowest BCUT2D eigenvalue weighted by molar-refractivity contribution is 0.344. The number of benzene rings is 1. The van der Waals surface area contributed by atoms with Crippen LogP contribution in [0.5, 0.6) is 5.75 Å². The molecule has 0 aliphatic rings. The van der Waals surface area contributed by atoms with E-state index in [-0.39, 0.29) is 0 Å². The summed E-state index contributed by atoms with van der Waals surface area (Å²) in [6.45, 7) is 0.656. The molecule has 1 heterocycles. The summed E-state index contributed by atoms with van der Waals surface area (Å²) in [6, 6.07) is 9.83. The molecule has 2 rings (SSSR count). The van der Waals surface area contributed by atoms with Crippen molar-refractivity contribution in [3.8, 4) is 5.75 Å². The minimum Gasteiger partial charge on any atom is -0.493 e. The van der Waals surface area contributed by atoms with Crippen LogP contribution in [-0.2, 0) is 0 Å². The van der Waals surface area contributed by atoms with Gasteiger partial charge in [0.1, 0.15) is 5.75 Å². The van der Waals surface area contributed by atoms with Gasteiger partial charge in [-0.25, -0.2) is 9.97 Å². The number of ether oxygens (including phenoxy) is 1. The number of rotatable bonds is 5. The van der Waals surface area contributed by atoms with Crippen molar-refractivity contribution >= 4 is 34.4 Å². The Kier molecular flexibility index (Phi) is 5.06. The van der Waals surface area contributed by atoms with Crippen LogP contribution in [0, 0.1) is 3.57 Å². The van der Waals surface area contributed by atoms with Gasteiger partial charge in [-0.3, -0.25) is 0 Å². The Bertz CT molecular complexity index is 450. The molecule has 1 aromatic carbocycles. The summed E-state index contributed by atoms with van der Waals surface area (Å²) in [5.41, 5.74) is 0. The van der Waals surface area contributed by atoms with Crippen molar-refractivity contribution in [1.29, 1.82) is 0 Å². The highest BCUT2D eigenvalue weighted by Gasteiger charge is 1.97. The van der Waals surface area contributed by atoms with Crippen LogP contribution in [0.3, 0.4) is 0 Å². The zero-order chi connectivity index (χ0) is 11.9. The van der Waals surface area contributed by atoms with E-state index in [9.17, 15) is 0 Å². The standard InChI is InChI=1S/C12H11IN2OS/c13-10-2-4-11(5-3-10)16-8-9-17-12-14-6-1-7-15-12/h1-7H,8-9H2. The van der Waals surface area contributed by atoms with Gasteiger partial charge >= 0.3 is 0 Å². The Labute approximate surface area is 118 Å². The molecule has 1 aromatic heterocycles. The van der Waals surface area contributed by atoms with Gasteiger partial charge in [0.2, 0.25) is 0 Å². The van der Waals surface area contributed by atoms with Crippen LogP contribution in [0.1, 0.15) is 0 Å². The highest BCUT2D eigenvalue weighted by Crippen LogP contribution is 2.15. The molecular formula is C12H11IN2OS.